The highest BCUT2D eigenvalue weighted by molar-refractivity contribution is 4.52. The largest absolute Gasteiger partial charge is 0.356 e. The van der Waals surface area contributed by atoms with Crippen molar-refractivity contribution < 1.29 is 9.47 Å². The predicted octanol–water partition coefficient (Wildman–Crippen LogP) is 0.769. The quantitative estimate of drug-likeness (QED) is 0.487. The zero-order valence-electron chi connectivity index (χ0n) is 4.52. The van der Waals surface area contributed by atoms with Crippen LogP contribution in [0.3, 0.4) is 0 Å². The van der Waals surface area contributed by atoms with Crippen LogP contribution in [0.1, 0.15) is 12.8 Å². The monoisotopic (exact) mass is 102 g/mol. The molecule has 0 bridgehead atoms. The molecule has 0 aliphatic carbocycles. The summed E-state index contributed by atoms with van der Waals surface area (Å²) in [5.41, 5.74) is 0. The van der Waals surface area contributed by atoms with E-state index in [1.807, 2.05) is 0 Å². The fourth-order valence-corrected chi connectivity index (χ4v) is 0.734. The third-order valence-electron chi connectivity index (χ3n) is 1.15. The fraction of sp³-hybridized carbons (Fsp3) is 1.00. The van der Waals surface area contributed by atoms with Gasteiger partial charge in [0.05, 0.1) is 0 Å². The van der Waals surface area contributed by atoms with Gasteiger partial charge in [0, 0.05) is 20.1 Å². The maximum Gasteiger partial charge on any atom is 0.157 e. The van der Waals surface area contributed by atoms with Gasteiger partial charge in [-0.05, 0) is 6.42 Å². The first-order valence-electron chi connectivity index (χ1n) is 2.58. The van der Waals surface area contributed by atoms with Gasteiger partial charge in [0.2, 0.25) is 0 Å². The molecule has 1 fully saturated rings. The summed E-state index contributed by atoms with van der Waals surface area (Å²) in [5.74, 6) is 0. The number of hydrogen-bond donors (Lipinski definition) is 0. The van der Waals surface area contributed by atoms with Gasteiger partial charge in [0.15, 0.2) is 6.29 Å². The molecule has 2 heteroatoms. The first kappa shape index (κ1) is 5.06. The highest BCUT2D eigenvalue weighted by atomic mass is 16.7. The molecule has 1 heterocycles. The summed E-state index contributed by atoms with van der Waals surface area (Å²) >= 11 is 0. The molecule has 0 saturated carbocycles. The van der Waals surface area contributed by atoms with E-state index in [9.17, 15) is 0 Å². The molecule has 0 amide bonds. The second-order valence-electron chi connectivity index (χ2n) is 1.68. The van der Waals surface area contributed by atoms with Gasteiger partial charge in [-0.15, -0.1) is 0 Å². The summed E-state index contributed by atoms with van der Waals surface area (Å²) in [6.07, 6.45) is 2.31. The van der Waals surface area contributed by atoms with Crippen LogP contribution in [-0.4, -0.2) is 20.0 Å². The Morgan fingerprint density at radius 3 is 2.86 bits per heavy atom. The second-order valence-corrected chi connectivity index (χ2v) is 1.68. The zero-order chi connectivity index (χ0) is 5.11. The molecule has 0 unspecified atom stereocenters. The van der Waals surface area contributed by atoms with Crippen molar-refractivity contribution in [2.24, 2.45) is 0 Å². The number of ether oxygens (including phenoxy) is 2. The van der Waals surface area contributed by atoms with Gasteiger partial charge in [-0.3, -0.25) is 0 Å². The van der Waals surface area contributed by atoms with Crippen LogP contribution in [-0.2, 0) is 9.47 Å². The molecular weight excluding hydrogens is 92.1 g/mol. The van der Waals surface area contributed by atoms with Crippen LogP contribution in [0, 0.1) is 0 Å². The third-order valence-corrected chi connectivity index (χ3v) is 1.15. The van der Waals surface area contributed by atoms with Gasteiger partial charge < -0.3 is 9.47 Å². The summed E-state index contributed by atoms with van der Waals surface area (Å²) in [7, 11) is 1.68. The van der Waals surface area contributed by atoms with E-state index >= 15 is 0 Å². The predicted molar refractivity (Wildman–Crippen MR) is 26.0 cm³/mol. The second kappa shape index (κ2) is 2.28. The normalized spacial score (nSPS) is 31.3. The summed E-state index contributed by atoms with van der Waals surface area (Å²) in [5, 5.41) is 0. The van der Waals surface area contributed by atoms with E-state index in [1.54, 1.807) is 7.11 Å². The average Bonchev–Trinajstić information content (AvgIpc) is 2.14. The molecule has 1 atom stereocenters. The molecule has 0 radical (unpaired) electrons. The molecule has 1 aliphatic rings. The van der Waals surface area contributed by atoms with Crippen molar-refractivity contribution in [3.05, 3.63) is 0 Å². The first-order valence-corrected chi connectivity index (χ1v) is 2.58. The maximum atomic E-state index is 5.08. The summed E-state index contributed by atoms with van der Waals surface area (Å²) in [6, 6.07) is 0. The fourth-order valence-electron chi connectivity index (χ4n) is 0.734. The van der Waals surface area contributed by atoms with Crippen molar-refractivity contribution in [1.82, 2.24) is 0 Å². The van der Waals surface area contributed by atoms with E-state index in [1.165, 1.54) is 0 Å². The molecule has 0 spiro atoms. The maximum absolute atomic E-state index is 5.08. The SMILES string of the molecule is CO[C@@H]1CCCO1. The molecule has 7 heavy (non-hydrogen) atoms. The molecule has 1 aliphatic heterocycles. The first-order chi connectivity index (χ1) is 3.43. The van der Waals surface area contributed by atoms with E-state index in [4.69, 9.17) is 9.47 Å². The zero-order valence-corrected chi connectivity index (χ0v) is 4.52. The van der Waals surface area contributed by atoms with Crippen LogP contribution in [0.25, 0.3) is 0 Å². The highest BCUT2D eigenvalue weighted by Gasteiger charge is 2.12. The molecule has 2 nitrogen and oxygen atoms in total. The third kappa shape index (κ3) is 1.14. The Morgan fingerprint density at radius 2 is 2.57 bits per heavy atom. The van der Waals surface area contributed by atoms with Crippen molar-refractivity contribution in [1.29, 1.82) is 0 Å². The Kier molecular flexibility index (Phi) is 1.65. The lowest BCUT2D eigenvalue weighted by Gasteiger charge is -2.03. The van der Waals surface area contributed by atoms with Gasteiger partial charge in [-0.25, -0.2) is 0 Å². The van der Waals surface area contributed by atoms with Gasteiger partial charge >= 0.3 is 0 Å². The van der Waals surface area contributed by atoms with E-state index in [-0.39, 0.29) is 6.29 Å². The van der Waals surface area contributed by atoms with Crippen LogP contribution in [0.5, 0.6) is 0 Å². The van der Waals surface area contributed by atoms with Crippen LogP contribution in [0.15, 0.2) is 0 Å². The Hall–Kier alpha value is -0.0800. The van der Waals surface area contributed by atoms with E-state index in [0.717, 1.165) is 19.4 Å². The molecule has 0 aromatic carbocycles. The van der Waals surface area contributed by atoms with Gasteiger partial charge in [0.25, 0.3) is 0 Å². The van der Waals surface area contributed by atoms with Gasteiger partial charge in [0.1, 0.15) is 0 Å². The van der Waals surface area contributed by atoms with Gasteiger partial charge in [-0.2, -0.15) is 0 Å². The molecule has 1 rings (SSSR count). The number of rotatable bonds is 1. The van der Waals surface area contributed by atoms with Crippen LogP contribution in [0.2, 0.25) is 0 Å². The number of methoxy groups -OCH3 is 1. The minimum Gasteiger partial charge on any atom is -0.356 e. The van der Waals surface area contributed by atoms with Crippen LogP contribution >= 0.6 is 0 Å². The van der Waals surface area contributed by atoms with Crippen LogP contribution < -0.4 is 0 Å². The average molecular weight is 102 g/mol. The van der Waals surface area contributed by atoms with E-state index in [2.05, 4.69) is 0 Å². The molecule has 0 aromatic heterocycles. The lowest BCUT2D eigenvalue weighted by Crippen LogP contribution is -2.05. The Morgan fingerprint density at radius 1 is 1.71 bits per heavy atom. The van der Waals surface area contributed by atoms with Crippen molar-refractivity contribution in [2.45, 2.75) is 19.1 Å². The summed E-state index contributed by atoms with van der Waals surface area (Å²) < 4.78 is 9.97. The minimum atomic E-state index is 0.0972. The summed E-state index contributed by atoms with van der Waals surface area (Å²) in [6.45, 7) is 0.874. The lowest BCUT2D eigenvalue weighted by molar-refractivity contribution is -0.0880. The lowest BCUT2D eigenvalue weighted by atomic mass is 10.4. The molecule has 0 N–H and O–H groups in total. The van der Waals surface area contributed by atoms with Crippen molar-refractivity contribution in [2.75, 3.05) is 13.7 Å². The van der Waals surface area contributed by atoms with Crippen molar-refractivity contribution in [3.8, 4) is 0 Å². The molecule has 0 aromatic rings. The minimum absolute atomic E-state index is 0.0972. The van der Waals surface area contributed by atoms with E-state index < -0.39 is 0 Å². The van der Waals surface area contributed by atoms with Gasteiger partial charge in [-0.1, -0.05) is 0 Å². The topological polar surface area (TPSA) is 18.5 Å². The standard InChI is InChI=1S/C5H10O2/c1-6-5-3-2-4-7-5/h5H,2-4H2,1H3/t5-/m0/s1. The Bertz CT molecular complexity index is 48.0. The number of hydrogen-bond acceptors (Lipinski definition) is 2. The van der Waals surface area contributed by atoms with Crippen molar-refractivity contribution >= 4 is 0 Å². The van der Waals surface area contributed by atoms with E-state index in [0.29, 0.717) is 0 Å². The Balaban J connectivity index is 2.14. The molecular formula is C5H10O2. The molecule has 1 saturated heterocycles. The van der Waals surface area contributed by atoms with Crippen LogP contribution in [0.4, 0.5) is 0 Å². The Labute approximate surface area is 43.4 Å². The smallest absolute Gasteiger partial charge is 0.157 e. The highest BCUT2D eigenvalue weighted by Crippen LogP contribution is 2.10. The van der Waals surface area contributed by atoms with Crippen molar-refractivity contribution in [3.63, 3.8) is 0 Å². The molecule has 42 valence electrons. The summed E-state index contributed by atoms with van der Waals surface area (Å²) in [4.78, 5) is 0.